The molecule has 1 aliphatic heterocycles. The minimum atomic E-state index is -0.189. The van der Waals surface area contributed by atoms with Gasteiger partial charge >= 0.3 is 0 Å². The summed E-state index contributed by atoms with van der Waals surface area (Å²) in [6.45, 7) is 2.02. The Labute approximate surface area is 118 Å². The van der Waals surface area contributed by atoms with Gasteiger partial charge in [0, 0.05) is 18.4 Å². The highest BCUT2D eigenvalue weighted by molar-refractivity contribution is 5.97. The van der Waals surface area contributed by atoms with Crippen LogP contribution in [0.25, 0.3) is 0 Å². The Kier molecular flexibility index (Phi) is 4.54. The second-order valence-electron chi connectivity index (χ2n) is 5.05. The van der Waals surface area contributed by atoms with Gasteiger partial charge < -0.3 is 5.11 Å². The van der Waals surface area contributed by atoms with E-state index < -0.39 is 0 Å². The van der Waals surface area contributed by atoms with Gasteiger partial charge in [-0.05, 0) is 23.6 Å². The Morgan fingerprint density at radius 1 is 1.30 bits per heavy atom. The molecule has 2 rings (SSSR count). The molecule has 1 N–H and O–H groups in total. The number of hydrogen-bond acceptors (Lipinski definition) is 3. The molecule has 20 heavy (non-hydrogen) atoms. The van der Waals surface area contributed by atoms with Gasteiger partial charge in [0.2, 0.25) is 11.8 Å². The number of carbonyl (C=O) groups excluding carboxylic acids is 2. The van der Waals surface area contributed by atoms with Crippen LogP contribution in [0.4, 0.5) is 0 Å². The van der Waals surface area contributed by atoms with E-state index in [1.54, 1.807) is 0 Å². The maximum atomic E-state index is 11.9. The Morgan fingerprint density at radius 3 is 2.65 bits per heavy atom. The standard InChI is InChI=1S/C16H17NO3/c1-12-8-15(19)17(16(20)9-12)11-14-5-2-4-13(10-14)6-3-7-18/h2,4-5,10,12,18H,7-9,11H2,1H3. The molecule has 1 saturated heterocycles. The molecule has 0 unspecified atom stereocenters. The summed E-state index contributed by atoms with van der Waals surface area (Å²) in [6, 6.07) is 7.36. The first-order chi connectivity index (χ1) is 9.60. The quantitative estimate of drug-likeness (QED) is 0.652. The number of likely N-dealkylation sites (tertiary alicyclic amines) is 1. The molecule has 0 aromatic heterocycles. The molecule has 0 atom stereocenters. The number of piperidine rings is 1. The van der Waals surface area contributed by atoms with E-state index in [9.17, 15) is 9.59 Å². The fourth-order valence-electron chi connectivity index (χ4n) is 2.28. The van der Waals surface area contributed by atoms with Gasteiger partial charge in [0.15, 0.2) is 0 Å². The van der Waals surface area contributed by atoms with Crippen molar-refractivity contribution in [2.24, 2.45) is 5.92 Å². The van der Waals surface area contributed by atoms with Crippen LogP contribution < -0.4 is 0 Å². The van der Waals surface area contributed by atoms with Crippen LogP contribution >= 0.6 is 0 Å². The van der Waals surface area contributed by atoms with Crippen LogP contribution in [0.1, 0.15) is 30.9 Å². The van der Waals surface area contributed by atoms with Gasteiger partial charge in [0.1, 0.15) is 6.61 Å². The number of carbonyl (C=O) groups is 2. The lowest BCUT2D eigenvalue weighted by Crippen LogP contribution is -2.42. The highest BCUT2D eigenvalue weighted by atomic mass is 16.2. The molecule has 1 fully saturated rings. The number of rotatable bonds is 2. The monoisotopic (exact) mass is 271 g/mol. The topological polar surface area (TPSA) is 57.6 Å². The van der Waals surface area contributed by atoms with Gasteiger partial charge in [-0.25, -0.2) is 0 Å². The van der Waals surface area contributed by atoms with Gasteiger partial charge in [-0.1, -0.05) is 30.9 Å². The SMILES string of the molecule is CC1CC(=O)N(Cc2cccc(C#CCO)c2)C(=O)C1. The summed E-state index contributed by atoms with van der Waals surface area (Å²) in [5, 5.41) is 8.68. The average molecular weight is 271 g/mol. The van der Waals surface area contributed by atoms with Crippen molar-refractivity contribution in [3.05, 3.63) is 35.4 Å². The number of nitrogens with zero attached hydrogens (tertiary/aromatic N) is 1. The van der Waals surface area contributed by atoms with E-state index in [0.29, 0.717) is 19.4 Å². The van der Waals surface area contributed by atoms with Crippen molar-refractivity contribution in [1.29, 1.82) is 0 Å². The summed E-state index contributed by atoms with van der Waals surface area (Å²) in [5.74, 6) is 5.30. The Balaban J connectivity index is 2.13. The summed E-state index contributed by atoms with van der Waals surface area (Å²) in [7, 11) is 0. The van der Waals surface area contributed by atoms with Crippen molar-refractivity contribution >= 4 is 11.8 Å². The normalized spacial score (nSPS) is 16.0. The number of amides is 2. The zero-order valence-electron chi connectivity index (χ0n) is 11.4. The number of aliphatic hydroxyl groups excluding tert-OH is 1. The number of aliphatic hydroxyl groups is 1. The molecule has 0 bridgehead atoms. The Hall–Kier alpha value is -2.12. The van der Waals surface area contributed by atoms with E-state index >= 15 is 0 Å². The van der Waals surface area contributed by atoms with E-state index in [1.165, 1.54) is 4.90 Å². The molecule has 1 aliphatic rings. The maximum absolute atomic E-state index is 11.9. The second-order valence-corrected chi connectivity index (χ2v) is 5.05. The number of benzene rings is 1. The highest BCUT2D eigenvalue weighted by Gasteiger charge is 2.30. The molecule has 4 heteroatoms. The van der Waals surface area contributed by atoms with Crippen LogP contribution in [0.5, 0.6) is 0 Å². The van der Waals surface area contributed by atoms with Crippen LogP contribution in [0.15, 0.2) is 24.3 Å². The van der Waals surface area contributed by atoms with Crippen molar-refractivity contribution in [3.63, 3.8) is 0 Å². The predicted octanol–water partition coefficient (Wildman–Crippen LogP) is 1.32. The predicted molar refractivity (Wildman–Crippen MR) is 74.4 cm³/mol. The van der Waals surface area contributed by atoms with Gasteiger partial charge in [-0.3, -0.25) is 14.5 Å². The van der Waals surface area contributed by atoms with Crippen molar-refractivity contribution in [3.8, 4) is 11.8 Å². The lowest BCUT2D eigenvalue weighted by atomic mass is 9.97. The zero-order valence-corrected chi connectivity index (χ0v) is 11.4. The lowest BCUT2D eigenvalue weighted by Gasteiger charge is -2.28. The molecule has 0 spiro atoms. The summed E-state index contributed by atoms with van der Waals surface area (Å²) < 4.78 is 0. The van der Waals surface area contributed by atoms with E-state index in [0.717, 1.165) is 11.1 Å². The average Bonchev–Trinajstić information content (AvgIpc) is 2.41. The van der Waals surface area contributed by atoms with Crippen molar-refractivity contribution in [2.45, 2.75) is 26.3 Å². The molecule has 2 amide bonds. The molecule has 1 aromatic rings. The van der Waals surface area contributed by atoms with Crippen LogP contribution in [0, 0.1) is 17.8 Å². The molecular weight excluding hydrogens is 254 g/mol. The van der Waals surface area contributed by atoms with E-state index in [2.05, 4.69) is 11.8 Å². The van der Waals surface area contributed by atoms with Gasteiger partial charge in [0.05, 0.1) is 6.54 Å². The van der Waals surface area contributed by atoms with Crippen LogP contribution in [0.3, 0.4) is 0 Å². The Morgan fingerprint density at radius 2 is 2.00 bits per heavy atom. The lowest BCUT2D eigenvalue weighted by molar-refractivity contribution is -0.150. The fraction of sp³-hybridized carbons (Fsp3) is 0.375. The number of hydrogen-bond donors (Lipinski definition) is 1. The fourth-order valence-corrected chi connectivity index (χ4v) is 2.28. The van der Waals surface area contributed by atoms with Gasteiger partial charge in [-0.2, -0.15) is 0 Å². The third-order valence-corrected chi connectivity index (χ3v) is 3.23. The van der Waals surface area contributed by atoms with Crippen LogP contribution in [-0.2, 0) is 16.1 Å². The first kappa shape index (κ1) is 14.3. The summed E-state index contributed by atoms with van der Waals surface area (Å²) in [6.07, 6.45) is 0.853. The van der Waals surface area contributed by atoms with Gasteiger partial charge in [-0.15, -0.1) is 0 Å². The molecule has 1 heterocycles. The largest absolute Gasteiger partial charge is 0.384 e. The van der Waals surface area contributed by atoms with E-state index in [4.69, 9.17) is 5.11 Å². The van der Waals surface area contributed by atoms with Crippen molar-refractivity contribution in [2.75, 3.05) is 6.61 Å². The van der Waals surface area contributed by atoms with E-state index in [1.807, 2.05) is 31.2 Å². The summed E-state index contributed by atoms with van der Waals surface area (Å²) >= 11 is 0. The van der Waals surface area contributed by atoms with Crippen LogP contribution in [-0.4, -0.2) is 28.4 Å². The molecule has 0 saturated carbocycles. The summed E-state index contributed by atoms with van der Waals surface area (Å²) in [4.78, 5) is 25.2. The first-order valence-corrected chi connectivity index (χ1v) is 6.62. The van der Waals surface area contributed by atoms with E-state index in [-0.39, 0.29) is 24.3 Å². The summed E-state index contributed by atoms with van der Waals surface area (Å²) in [5.41, 5.74) is 1.63. The molecule has 0 aliphatic carbocycles. The third-order valence-electron chi connectivity index (χ3n) is 3.23. The van der Waals surface area contributed by atoms with Crippen molar-refractivity contribution < 1.29 is 14.7 Å². The minimum absolute atomic E-state index is 0.111. The van der Waals surface area contributed by atoms with Crippen LogP contribution in [0.2, 0.25) is 0 Å². The molecule has 0 radical (unpaired) electrons. The molecule has 1 aromatic carbocycles. The minimum Gasteiger partial charge on any atom is -0.384 e. The number of imide groups is 1. The van der Waals surface area contributed by atoms with Gasteiger partial charge in [0.25, 0.3) is 0 Å². The zero-order chi connectivity index (χ0) is 14.5. The first-order valence-electron chi connectivity index (χ1n) is 6.62. The highest BCUT2D eigenvalue weighted by Crippen LogP contribution is 2.21. The van der Waals surface area contributed by atoms with Crippen molar-refractivity contribution in [1.82, 2.24) is 4.90 Å². The smallest absolute Gasteiger partial charge is 0.229 e. The maximum Gasteiger partial charge on any atom is 0.229 e. The third kappa shape index (κ3) is 3.46. The molecular formula is C16H17NO3. The molecule has 104 valence electrons. The Bertz CT molecular complexity index is 565. The molecule has 4 nitrogen and oxygen atoms in total. The second kappa shape index (κ2) is 6.36.